The Kier molecular flexibility index (Phi) is 3.06. The Hall–Kier alpha value is -3.22. The molecule has 0 radical (unpaired) electrons. The van der Waals surface area contributed by atoms with Gasteiger partial charge in [-0.25, -0.2) is 4.68 Å². The van der Waals surface area contributed by atoms with Crippen LogP contribution in [0.1, 0.15) is 36.1 Å². The zero-order valence-electron chi connectivity index (χ0n) is 13.3. The number of carbonyl (C=O) groups excluding carboxylic acids is 1. The summed E-state index contributed by atoms with van der Waals surface area (Å²) in [4.78, 5) is 21.5. The molecule has 3 aromatic heterocycles. The number of nitrogens with one attached hydrogen (secondary N) is 1. The Labute approximate surface area is 143 Å². The van der Waals surface area contributed by atoms with Gasteiger partial charge in [0.25, 0.3) is 0 Å². The minimum Gasteiger partial charge on any atom is -0.469 e. The summed E-state index contributed by atoms with van der Waals surface area (Å²) < 4.78 is 7.27. The number of ketones is 1. The predicted molar refractivity (Wildman–Crippen MR) is 88.7 cm³/mol. The summed E-state index contributed by atoms with van der Waals surface area (Å²) in [5, 5.41) is 7.61. The van der Waals surface area contributed by atoms with Crippen LogP contribution in [0.4, 0.5) is 5.95 Å². The Morgan fingerprint density at radius 3 is 3.00 bits per heavy atom. The van der Waals surface area contributed by atoms with E-state index in [4.69, 9.17) is 4.42 Å². The molecule has 0 unspecified atom stereocenters. The van der Waals surface area contributed by atoms with Gasteiger partial charge in [-0.2, -0.15) is 10.1 Å². The molecular formula is C18H15N5O2. The van der Waals surface area contributed by atoms with Gasteiger partial charge >= 0.3 is 0 Å². The van der Waals surface area contributed by atoms with E-state index in [2.05, 4.69) is 20.4 Å². The van der Waals surface area contributed by atoms with E-state index in [0.29, 0.717) is 18.8 Å². The Morgan fingerprint density at radius 2 is 2.20 bits per heavy atom. The van der Waals surface area contributed by atoms with E-state index in [-0.39, 0.29) is 17.7 Å². The van der Waals surface area contributed by atoms with Crippen molar-refractivity contribution in [3.05, 3.63) is 71.8 Å². The maximum absolute atomic E-state index is 13.0. The standard InChI is InChI=1S/C18H15N5O2/c24-14-8-12(15-4-2-6-25-15)7-13-16(14)17(11-3-1-5-19-9-11)23-18(22-13)20-10-21-23/h1-6,9-10,12,17H,7-8H2,(H,20,21,22)/t12-,17-/m0/s1. The monoisotopic (exact) mass is 333 g/mol. The van der Waals surface area contributed by atoms with Crippen molar-refractivity contribution in [2.75, 3.05) is 5.32 Å². The number of hydrogen-bond donors (Lipinski definition) is 1. The van der Waals surface area contributed by atoms with Crippen molar-refractivity contribution >= 4 is 11.7 Å². The lowest BCUT2D eigenvalue weighted by Gasteiger charge is -2.34. The molecule has 7 heteroatoms. The van der Waals surface area contributed by atoms with Crippen LogP contribution >= 0.6 is 0 Å². The molecule has 0 amide bonds. The minimum absolute atomic E-state index is 0.0396. The third-order valence-corrected chi connectivity index (χ3v) is 4.81. The minimum atomic E-state index is -0.299. The highest BCUT2D eigenvalue weighted by atomic mass is 16.3. The summed E-state index contributed by atoms with van der Waals surface area (Å²) in [5.41, 5.74) is 2.56. The number of anilines is 1. The lowest BCUT2D eigenvalue weighted by atomic mass is 9.80. The Balaban J connectivity index is 1.63. The predicted octanol–water partition coefficient (Wildman–Crippen LogP) is 2.68. The highest BCUT2D eigenvalue weighted by molar-refractivity contribution is 6.00. The van der Waals surface area contributed by atoms with Gasteiger partial charge in [0, 0.05) is 36.0 Å². The molecule has 0 saturated carbocycles. The SMILES string of the molecule is O=C1C[C@@H](c2ccco2)CC2=C1[C@H](c1cccnc1)n1ncnc1N2. The van der Waals surface area contributed by atoms with Crippen molar-refractivity contribution < 1.29 is 9.21 Å². The van der Waals surface area contributed by atoms with Gasteiger partial charge in [-0.15, -0.1) is 0 Å². The van der Waals surface area contributed by atoms with Gasteiger partial charge in [0.1, 0.15) is 18.1 Å². The molecule has 1 aliphatic heterocycles. The van der Waals surface area contributed by atoms with Gasteiger partial charge in [0.2, 0.25) is 5.95 Å². The smallest absolute Gasteiger partial charge is 0.226 e. The van der Waals surface area contributed by atoms with Gasteiger partial charge in [-0.05, 0) is 30.2 Å². The van der Waals surface area contributed by atoms with E-state index in [1.54, 1.807) is 23.3 Å². The molecule has 7 nitrogen and oxygen atoms in total. The van der Waals surface area contributed by atoms with Crippen LogP contribution < -0.4 is 5.32 Å². The molecule has 0 spiro atoms. The van der Waals surface area contributed by atoms with Crippen molar-refractivity contribution in [3.8, 4) is 0 Å². The van der Waals surface area contributed by atoms with Crippen LogP contribution in [0.3, 0.4) is 0 Å². The number of allylic oxidation sites excluding steroid dienone is 2. The molecule has 5 rings (SSSR count). The molecular weight excluding hydrogens is 318 g/mol. The maximum atomic E-state index is 13.0. The molecule has 124 valence electrons. The number of Topliss-reactive ketones (excluding diaryl/α,β-unsaturated/α-hetero) is 1. The first-order valence-electron chi connectivity index (χ1n) is 8.17. The quantitative estimate of drug-likeness (QED) is 0.776. The molecule has 2 atom stereocenters. The summed E-state index contributed by atoms with van der Waals surface area (Å²) in [6.45, 7) is 0. The number of carbonyl (C=O) groups is 1. The zero-order valence-corrected chi connectivity index (χ0v) is 13.3. The summed E-state index contributed by atoms with van der Waals surface area (Å²) in [6.07, 6.45) is 7.77. The second-order valence-corrected chi connectivity index (χ2v) is 6.28. The van der Waals surface area contributed by atoms with Gasteiger partial charge in [0.05, 0.1) is 6.26 Å². The fourth-order valence-corrected chi connectivity index (χ4v) is 3.72. The van der Waals surface area contributed by atoms with Gasteiger partial charge < -0.3 is 9.73 Å². The number of nitrogens with zero attached hydrogens (tertiary/aromatic N) is 4. The van der Waals surface area contributed by atoms with Crippen LogP contribution in [0.15, 0.2) is 64.9 Å². The number of fused-ring (bicyclic) bond motifs is 1. The average Bonchev–Trinajstić information content (AvgIpc) is 3.32. The molecule has 0 fully saturated rings. The molecule has 0 bridgehead atoms. The molecule has 1 aliphatic carbocycles. The van der Waals surface area contributed by atoms with Crippen molar-refractivity contribution in [2.24, 2.45) is 0 Å². The first-order valence-corrected chi connectivity index (χ1v) is 8.17. The van der Waals surface area contributed by atoms with E-state index in [9.17, 15) is 4.79 Å². The van der Waals surface area contributed by atoms with E-state index in [1.165, 1.54) is 6.33 Å². The van der Waals surface area contributed by atoms with E-state index < -0.39 is 0 Å². The van der Waals surface area contributed by atoms with E-state index in [1.807, 2.05) is 24.3 Å². The molecule has 3 aromatic rings. The largest absolute Gasteiger partial charge is 0.469 e. The highest BCUT2D eigenvalue weighted by Gasteiger charge is 2.39. The maximum Gasteiger partial charge on any atom is 0.226 e. The lowest BCUT2D eigenvalue weighted by Crippen LogP contribution is -2.33. The number of hydrogen-bond acceptors (Lipinski definition) is 6. The third-order valence-electron chi connectivity index (χ3n) is 4.81. The Bertz CT molecular complexity index is 959. The van der Waals surface area contributed by atoms with Gasteiger partial charge in [-0.1, -0.05) is 6.07 Å². The van der Waals surface area contributed by atoms with Crippen LogP contribution in [-0.4, -0.2) is 25.5 Å². The van der Waals surface area contributed by atoms with Crippen molar-refractivity contribution in [2.45, 2.75) is 24.8 Å². The lowest BCUT2D eigenvalue weighted by molar-refractivity contribution is -0.117. The molecule has 4 heterocycles. The summed E-state index contributed by atoms with van der Waals surface area (Å²) in [7, 11) is 0. The first-order chi connectivity index (χ1) is 12.3. The molecule has 0 aromatic carbocycles. The highest BCUT2D eigenvalue weighted by Crippen LogP contribution is 2.43. The second kappa shape index (κ2) is 5.41. The van der Waals surface area contributed by atoms with E-state index >= 15 is 0 Å². The summed E-state index contributed by atoms with van der Waals surface area (Å²) in [5.74, 6) is 1.62. The molecule has 1 N–H and O–H groups in total. The van der Waals surface area contributed by atoms with E-state index in [0.717, 1.165) is 22.6 Å². The molecule has 2 aliphatic rings. The number of rotatable bonds is 2. The first kappa shape index (κ1) is 14.2. The van der Waals surface area contributed by atoms with Crippen molar-refractivity contribution in [1.82, 2.24) is 19.7 Å². The fraction of sp³-hybridized carbons (Fsp3) is 0.222. The Morgan fingerprint density at radius 1 is 1.24 bits per heavy atom. The van der Waals surface area contributed by atoms with Crippen LogP contribution in [-0.2, 0) is 4.79 Å². The van der Waals surface area contributed by atoms with Crippen LogP contribution in [0.5, 0.6) is 0 Å². The van der Waals surface area contributed by atoms with Gasteiger partial charge in [0.15, 0.2) is 5.78 Å². The van der Waals surface area contributed by atoms with Crippen LogP contribution in [0.25, 0.3) is 0 Å². The van der Waals surface area contributed by atoms with Crippen molar-refractivity contribution in [3.63, 3.8) is 0 Å². The normalized spacial score (nSPS) is 22.3. The fourth-order valence-electron chi connectivity index (χ4n) is 3.72. The number of aromatic nitrogens is 4. The third kappa shape index (κ3) is 2.20. The van der Waals surface area contributed by atoms with Crippen LogP contribution in [0, 0.1) is 0 Å². The van der Waals surface area contributed by atoms with Crippen molar-refractivity contribution in [1.29, 1.82) is 0 Å². The summed E-state index contributed by atoms with van der Waals surface area (Å²) in [6, 6.07) is 7.31. The average molecular weight is 333 g/mol. The zero-order chi connectivity index (χ0) is 16.8. The van der Waals surface area contributed by atoms with Gasteiger partial charge in [-0.3, -0.25) is 9.78 Å². The number of furan rings is 1. The molecule has 25 heavy (non-hydrogen) atoms. The topological polar surface area (TPSA) is 85.8 Å². The number of pyridine rings is 1. The molecule has 0 saturated heterocycles. The second-order valence-electron chi connectivity index (χ2n) is 6.28. The van der Waals surface area contributed by atoms with Crippen LogP contribution in [0.2, 0.25) is 0 Å². The summed E-state index contributed by atoms with van der Waals surface area (Å²) >= 11 is 0.